The minimum Gasteiger partial charge on any atom is -0.449 e. The van der Waals surface area contributed by atoms with E-state index in [-0.39, 0.29) is 12.7 Å². The summed E-state index contributed by atoms with van der Waals surface area (Å²) in [4.78, 5) is 6.20. The van der Waals surface area contributed by atoms with Gasteiger partial charge in [-0.3, -0.25) is 0 Å². The second-order valence-corrected chi connectivity index (χ2v) is 3.82. The van der Waals surface area contributed by atoms with E-state index in [9.17, 15) is 0 Å². The number of hydrogen-bond acceptors (Lipinski definition) is 5. The number of aliphatic hydroxyl groups excluding tert-OH is 1. The number of likely N-dealkylation sites (N-methyl/N-ethyl adjacent to an activating group) is 1. The van der Waals surface area contributed by atoms with Crippen LogP contribution in [0.3, 0.4) is 0 Å². The summed E-state index contributed by atoms with van der Waals surface area (Å²) in [5.74, 6) is 0. The van der Waals surface area contributed by atoms with Crippen molar-refractivity contribution in [3.05, 3.63) is 12.0 Å². The van der Waals surface area contributed by atoms with Crippen LogP contribution in [0.4, 0.5) is 0 Å². The van der Waals surface area contributed by atoms with Crippen molar-refractivity contribution in [3.8, 4) is 6.08 Å². The first kappa shape index (κ1) is 10.4. The molecule has 1 heterocycles. The molecule has 2 rings (SSSR count). The summed E-state index contributed by atoms with van der Waals surface area (Å²) in [7, 11) is 2.09. The average molecular weight is 212 g/mol. The number of ether oxygens (including phenoxy) is 1. The second kappa shape index (κ2) is 4.63. The standard InChI is InChI=1S/C10H16N2O3/c1-12(9-2-3-9)4-5-14-10-11-8(6-13)7-15-10/h7,9,13H,2-6H2,1H3. The molecule has 0 aliphatic heterocycles. The van der Waals surface area contributed by atoms with Crippen molar-refractivity contribution in [2.45, 2.75) is 25.5 Å². The van der Waals surface area contributed by atoms with Crippen LogP contribution in [0.5, 0.6) is 6.08 Å². The molecular weight excluding hydrogens is 196 g/mol. The van der Waals surface area contributed by atoms with Crippen LogP contribution in [-0.2, 0) is 6.61 Å². The third-order valence-electron chi connectivity index (χ3n) is 2.53. The quantitative estimate of drug-likeness (QED) is 0.750. The van der Waals surface area contributed by atoms with E-state index in [1.165, 1.54) is 19.1 Å². The highest BCUT2D eigenvalue weighted by Gasteiger charge is 2.25. The molecule has 1 aromatic heterocycles. The van der Waals surface area contributed by atoms with E-state index in [2.05, 4.69) is 16.9 Å². The molecule has 0 bridgehead atoms. The van der Waals surface area contributed by atoms with E-state index in [1.54, 1.807) is 0 Å². The SMILES string of the molecule is CN(CCOc1nc(CO)co1)C1CC1. The van der Waals surface area contributed by atoms with Gasteiger partial charge in [-0.15, -0.1) is 0 Å². The Bertz CT molecular complexity index is 309. The summed E-state index contributed by atoms with van der Waals surface area (Å²) < 4.78 is 10.3. The van der Waals surface area contributed by atoms with E-state index >= 15 is 0 Å². The third kappa shape index (κ3) is 2.94. The maximum Gasteiger partial charge on any atom is 0.393 e. The van der Waals surface area contributed by atoms with Crippen LogP contribution in [0.15, 0.2) is 10.7 Å². The van der Waals surface area contributed by atoms with Gasteiger partial charge >= 0.3 is 6.08 Å². The molecule has 0 atom stereocenters. The first-order valence-corrected chi connectivity index (χ1v) is 5.18. The molecule has 1 aliphatic carbocycles. The van der Waals surface area contributed by atoms with Crippen LogP contribution in [0.2, 0.25) is 0 Å². The van der Waals surface area contributed by atoms with Crippen LogP contribution < -0.4 is 4.74 Å². The third-order valence-corrected chi connectivity index (χ3v) is 2.53. The van der Waals surface area contributed by atoms with Crippen LogP contribution in [-0.4, -0.2) is 41.2 Å². The summed E-state index contributed by atoms with van der Waals surface area (Å²) in [5.41, 5.74) is 0.501. The smallest absolute Gasteiger partial charge is 0.393 e. The Morgan fingerprint density at radius 2 is 2.47 bits per heavy atom. The van der Waals surface area contributed by atoms with Crippen molar-refractivity contribution < 1.29 is 14.3 Å². The van der Waals surface area contributed by atoms with Crippen LogP contribution in [0.25, 0.3) is 0 Å². The fourth-order valence-electron chi connectivity index (χ4n) is 1.40. The molecule has 1 N–H and O–H groups in total. The highest BCUT2D eigenvalue weighted by Crippen LogP contribution is 2.24. The normalized spacial score (nSPS) is 15.9. The fourth-order valence-corrected chi connectivity index (χ4v) is 1.40. The highest BCUT2D eigenvalue weighted by molar-refractivity contribution is 4.97. The molecule has 5 nitrogen and oxygen atoms in total. The Labute approximate surface area is 88.7 Å². The largest absolute Gasteiger partial charge is 0.449 e. The minimum absolute atomic E-state index is 0.116. The van der Waals surface area contributed by atoms with Crippen molar-refractivity contribution >= 4 is 0 Å². The maximum absolute atomic E-state index is 8.76. The molecule has 1 saturated carbocycles. The summed E-state index contributed by atoms with van der Waals surface area (Å²) in [6.45, 7) is 1.33. The Hall–Kier alpha value is -1.07. The highest BCUT2D eigenvalue weighted by atomic mass is 16.6. The number of aliphatic hydroxyl groups is 1. The van der Waals surface area contributed by atoms with Gasteiger partial charge in [0, 0.05) is 12.6 Å². The molecule has 0 unspecified atom stereocenters. The van der Waals surface area contributed by atoms with Gasteiger partial charge in [0.25, 0.3) is 0 Å². The lowest BCUT2D eigenvalue weighted by Crippen LogP contribution is -2.26. The minimum atomic E-state index is -0.116. The van der Waals surface area contributed by atoms with E-state index < -0.39 is 0 Å². The molecular formula is C10H16N2O3. The predicted octanol–water partition coefficient (Wildman–Crippen LogP) is 0.640. The van der Waals surface area contributed by atoms with Crippen LogP contribution in [0, 0.1) is 0 Å². The monoisotopic (exact) mass is 212 g/mol. The molecule has 0 spiro atoms. The molecule has 0 amide bonds. The lowest BCUT2D eigenvalue weighted by molar-refractivity contribution is 0.188. The van der Waals surface area contributed by atoms with E-state index in [1.807, 2.05) is 0 Å². The van der Waals surface area contributed by atoms with E-state index in [4.69, 9.17) is 14.3 Å². The molecule has 15 heavy (non-hydrogen) atoms. The molecule has 1 aromatic rings. The lowest BCUT2D eigenvalue weighted by Gasteiger charge is -2.14. The topological polar surface area (TPSA) is 58.7 Å². The van der Waals surface area contributed by atoms with Gasteiger partial charge in [-0.25, -0.2) is 0 Å². The lowest BCUT2D eigenvalue weighted by atomic mass is 10.5. The zero-order valence-electron chi connectivity index (χ0n) is 8.85. The molecule has 1 fully saturated rings. The Kier molecular flexibility index (Phi) is 3.23. The number of aromatic nitrogens is 1. The summed E-state index contributed by atoms with van der Waals surface area (Å²) in [6, 6.07) is 0.742. The van der Waals surface area contributed by atoms with Gasteiger partial charge in [-0.05, 0) is 19.9 Å². The van der Waals surface area contributed by atoms with Gasteiger partial charge in [0.1, 0.15) is 18.6 Å². The first-order chi connectivity index (χ1) is 7.29. The summed E-state index contributed by atoms with van der Waals surface area (Å²) in [5, 5.41) is 8.76. The number of hydrogen-bond donors (Lipinski definition) is 1. The molecule has 5 heteroatoms. The number of oxazole rings is 1. The van der Waals surface area contributed by atoms with E-state index in [0.717, 1.165) is 12.6 Å². The zero-order chi connectivity index (χ0) is 10.7. The van der Waals surface area contributed by atoms with Crippen molar-refractivity contribution in [1.29, 1.82) is 0 Å². The Morgan fingerprint density at radius 1 is 1.67 bits per heavy atom. The van der Waals surface area contributed by atoms with Crippen LogP contribution in [0.1, 0.15) is 18.5 Å². The van der Waals surface area contributed by atoms with E-state index in [0.29, 0.717) is 12.3 Å². The number of rotatable bonds is 6. The second-order valence-electron chi connectivity index (χ2n) is 3.82. The van der Waals surface area contributed by atoms with Crippen molar-refractivity contribution in [1.82, 2.24) is 9.88 Å². The molecule has 84 valence electrons. The molecule has 0 radical (unpaired) electrons. The zero-order valence-corrected chi connectivity index (χ0v) is 8.85. The first-order valence-electron chi connectivity index (χ1n) is 5.18. The predicted molar refractivity (Wildman–Crippen MR) is 53.6 cm³/mol. The van der Waals surface area contributed by atoms with Gasteiger partial charge in [0.2, 0.25) is 0 Å². The van der Waals surface area contributed by atoms with Crippen LogP contribution >= 0.6 is 0 Å². The molecule has 1 aliphatic rings. The van der Waals surface area contributed by atoms with Gasteiger partial charge in [0.05, 0.1) is 6.61 Å². The Morgan fingerprint density at radius 3 is 3.07 bits per heavy atom. The number of nitrogens with zero attached hydrogens (tertiary/aromatic N) is 2. The Balaban J connectivity index is 1.68. The van der Waals surface area contributed by atoms with Crippen molar-refractivity contribution in [2.24, 2.45) is 0 Å². The summed E-state index contributed by atoms with van der Waals surface area (Å²) >= 11 is 0. The molecule has 0 aromatic carbocycles. The van der Waals surface area contributed by atoms with Gasteiger partial charge in [0.15, 0.2) is 0 Å². The summed E-state index contributed by atoms with van der Waals surface area (Å²) in [6.07, 6.45) is 4.23. The molecule has 0 saturated heterocycles. The van der Waals surface area contributed by atoms with Crippen molar-refractivity contribution in [2.75, 3.05) is 20.2 Å². The van der Waals surface area contributed by atoms with Crippen molar-refractivity contribution in [3.63, 3.8) is 0 Å². The maximum atomic E-state index is 8.76. The fraction of sp³-hybridized carbons (Fsp3) is 0.700. The van der Waals surface area contributed by atoms with Gasteiger partial charge in [-0.2, -0.15) is 4.98 Å². The van der Waals surface area contributed by atoms with Gasteiger partial charge < -0.3 is 19.2 Å². The average Bonchev–Trinajstić information content (AvgIpc) is 2.99. The van der Waals surface area contributed by atoms with Gasteiger partial charge in [-0.1, -0.05) is 0 Å².